The Kier molecular flexibility index (Phi) is 5.46. The van der Waals surface area contributed by atoms with E-state index in [4.69, 9.17) is 19.4 Å². The van der Waals surface area contributed by atoms with E-state index in [1.807, 2.05) is 48.0 Å². The molecule has 29 heavy (non-hydrogen) atoms. The molecule has 0 aliphatic carbocycles. The molecule has 0 saturated heterocycles. The standard InChI is InChI=1S/C21H19NO3.C2H4O2/c1-12-7-19(23)17-11-22-6-5-14-8-20(24-3)21(25-4)10-16(14)18(22)9-15(17)13(12)2;1-2(3)4/h5-11H,1-4H3;1H3,(H,3,4). The molecule has 6 heteroatoms. The number of rotatable bonds is 2. The molecule has 0 aliphatic heterocycles. The number of carboxylic acids is 1. The fourth-order valence-corrected chi connectivity index (χ4v) is 3.44. The normalized spacial score (nSPS) is 10.7. The molecule has 0 amide bonds. The Morgan fingerprint density at radius 3 is 2.24 bits per heavy atom. The Morgan fingerprint density at radius 1 is 1.00 bits per heavy atom. The van der Waals surface area contributed by atoms with Gasteiger partial charge in [0.15, 0.2) is 23.9 Å². The van der Waals surface area contributed by atoms with Crippen molar-refractivity contribution in [1.29, 1.82) is 0 Å². The molecule has 2 aromatic carbocycles. The zero-order valence-corrected chi connectivity index (χ0v) is 17.1. The van der Waals surface area contributed by atoms with E-state index < -0.39 is 5.97 Å². The summed E-state index contributed by atoms with van der Waals surface area (Å²) in [5.41, 5.74) is 3.31. The van der Waals surface area contributed by atoms with Crippen molar-refractivity contribution in [3.05, 3.63) is 53.9 Å². The van der Waals surface area contributed by atoms with E-state index in [2.05, 4.69) is 13.0 Å². The number of carbonyl (C=O) groups excluding carboxylic acids is 1. The van der Waals surface area contributed by atoms with Gasteiger partial charge in [0.2, 0.25) is 5.52 Å². The second-order valence-corrected chi connectivity index (χ2v) is 6.83. The van der Waals surface area contributed by atoms with E-state index in [0.717, 1.165) is 39.5 Å². The zero-order chi connectivity index (χ0) is 21.3. The van der Waals surface area contributed by atoms with Gasteiger partial charge in [-0.3, -0.25) is 0 Å². The van der Waals surface area contributed by atoms with Gasteiger partial charge in [0.25, 0.3) is 0 Å². The summed E-state index contributed by atoms with van der Waals surface area (Å²) in [4.78, 5) is 8.89. The van der Waals surface area contributed by atoms with Crippen molar-refractivity contribution in [2.24, 2.45) is 0 Å². The summed E-state index contributed by atoms with van der Waals surface area (Å²) in [5, 5.41) is 23.3. The van der Waals surface area contributed by atoms with Crippen molar-refractivity contribution in [2.75, 3.05) is 14.2 Å². The van der Waals surface area contributed by atoms with Crippen molar-refractivity contribution >= 4 is 33.0 Å². The highest BCUT2D eigenvalue weighted by Gasteiger charge is 2.17. The smallest absolute Gasteiger partial charge is 0.219 e. The van der Waals surface area contributed by atoms with Crippen molar-refractivity contribution in [3.8, 4) is 17.2 Å². The van der Waals surface area contributed by atoms with Crippen molar-refractivity contribution < 1.29 is 28.9 Å². The number of phenols is 1. The van der Waals surface area contributed by atoms with E-state index in [1.165, 1.54) is 5.56 Å². The van der Waals surface area contributed by atoms with Gasteiger partial charge in [-0.15, -0.1) is 0 Å². The van der Waals surface area contributed by atoms with E-state index in [-0.39, 0.29) is 0 Å². The van der Waals surface area contributed by atoms with Crippen molar-refractivity contribution in [2.45, 2.75) is 20.8 Å². The number of aromatic nitrogens is 1. The van der Waals surface area contributed by atoms with Crippen molar-refractivity contribution in [3.63, 3.8) is 0 Å². The Hall–Kier alpha value is -3.54. The van der Waals surface area contributed by atoms with Gasteiger partial charge in [0.1, 0.15) is 5.75 Å². The highest BCUT2D eigenvalue weighted by molar-refractivity contribution is 6.00. The van der Waals surface area contributed by atoms with Crippen LogP contribution in [0.2, 0.25) is 0 Å². The van der Waals surface area contributed by atoms with Crippen LogP contribution in [0.3, 0.4) is 0 Å². The Balaban J connectivity index is 0.000000552. The fourth-order valence-electron chi connectivity index (χ4n) is 3.44. The number of ether oxygens (including phenoxy) is 2. The lowest BCUT2D eigenvalue weighted by Crippen LogP contribution is -2.20. The maximum absolute atomic E-state index is 10.3. The van der Waals surface area contributed by atoms with Crippen LogP contribution in [0.4, 0.5) is 0 Å². The van der Waals surface area contributed by atoms with Gasteiger partial charge in [-0.1, -0.05) is 0 Å². The van der Waals surface area contributed by atoms with Gasteiger partial charge >= 0.3 is 0 Å². The summed E-state index contributed by atoms with van der Waals surface area (Å²) in [6.45, 7) is 5.07. The molecule has 1 N–H and O–H groups in total. The Labute approximate surface area is 168 Å². The first-order valence-corrected chi connectivity index (χ1v) is 9.07. The van der Waals surface area contributed by atoms with Gasteiger partial charge in [0.05, 0.1) is 25.0 Å². The number of nitrogens with zero attached hydrogens (tertiary/aromatic N) is 1. The first-order valence-electron chi connectivity index (χ1n) is 9.07. The number of benzene rings is 2. The first-order chi connectivity index (χ1) is 13.8. The van der Waals surface area contributed by atoms with Gasteiger partial charge in [-0.05, 0) is 55.5 Å². The van der Waals surface area contributed by atoms with Gasteiger partial charge < -0.3 is 24.5 Å². The molecule has 0 aliphatic rings. The molecule has 0 saturated carbocycles. The quantitative estimate of drug-likeness (QED) is 0.322. The number of aryl methyl sites for hydroxylation is 2. The molecule has 0 bridgehead atoms. The molecule has 4 rings (SSSR count). The van der Waals surface area contributed by atoms with Crippen LogP contribution in [0.15, 0.2) is 42.7 Å². The number of fused-ring (bicyclic) bond motifs is 4. The SMILES string of the molecule is CC(=O)[O-].COc1cc2cc[n+]3cc4c(O)cc(C)c(C)c4cc3c2cc1OC. The molecular weight excluding hydrogens is 370 g/mol. The second-order valence-electron chi connectivity index (χ2n) is 6.83. The number of hydrogen-bond donors (Lipinski definition) is 1. The number of methoxy groups -OCH3 is 2. The van der Waals surface area contributed by atoms with Crippen LogP contribution in [0.1, 0.15) is 18.1 Å². The Bertz CT molecular complexity index is 1240. The summed E-state index contributed by atoms with van der Waals surface area (Å²) in [6.07, 6.45) is 3.97. The first kappa shape index (κ1) is 20.2. The largest absolute Gasteiger partial charge is 0.550 e. The topological polar surface area (TPSA) is 82.9 Å². The van der Waals surface area contributed by atoms with Crippen LogP contribution in [0.25, 0.3) is 27.1 Å². The van der Waals surface area contributed by atoms with Crippen LogP contribution in [-0.4, -0.2) is 25.3 Å². The fraction of sp³-hybridized carbons (Fsp3) is 0.217. The predicted molar refractivity (Wildman–Crippen MR) is 110 cm³/mol. The minimum Gasteiger partial charge on any atom is -0.550 e. The molecule has 0 fully saturated rings. The summed E-state index contributed by atoms with van der Waals surface area (Å²) < 4.78 is 12.9. The molecule has 0 atom stereocenters. The van der Waals surface area contributed by atoms with Crippen LogP contribution in [0.5, 0.6) is 17.2 Å². The number of hydrogen-bond acceptors (Lipinski definition) is 5. The van der Waals surface area contributed by atoms with E-state index in [9.17, 15) is 5.11 Å². The molecule has 2 heterocycles. The average molecular weight is 393 g/mol. The number of carboxylic acid groups (broad SMARTS) is 1. The molecule has 2 aromatic heterocycles. The summed E-state index contributed by atoms with van der Waals surface area (Å²) in [7, 11) is 3.28. The average Bonchev–Trinajstić information content (AvgIpc) is 2.69. The number of pyridine rings is 2. The van der Waals surface area contributed by atoms with Crippen molar-refractivity contribution in [1.82, 2.24) is 0 Å². The molecule has 4 aromatic rings. The maximum atomic E-state index is 10.3. The molecule has 0 radical (unpaired) electrons. The van der Waals surface area contributed by atoms with E-state index >= 15 is 0 Å². The third-order valence-corrected chi connectivity index (χ3v) is 4.99. The predicted octanol–water partition coefficient (Wildman–Crippen LogP) is 2.83. The van der Waals surface area contributed by atoms with Crippen LogP contribution < -0.4 is 19.0 Å². The lowest BCUT2D eigenvalue weighted by Gasteiger charge is -2.10. The van der Waals surface area contributed by atoms with E-state index in [1.54, 1.807) is 14.2 Å². The number of aliphatic carboxylic acids is 1. The summed E-state index contributed by atoms with van der Waals surface area (Å²) in [5.74, 6) is 0.636. The minimum absolute atomic E-state index is 0.305. The molecule has 150 valence electrons. The maximum Gasteiger partial charge on any atom is 0.219 e. The van der Waals surface area contributed by atoms with E-state index in [0.29, 0.717) is 17.2 Å². The van der Waals surface area contributed by atoms with Gasteiger partial charge in [-0.2, -0.15) is 4.40 Å². The van der Waals surface area contributed by atoms with Crippen LogP contribution in [0, 0.1) is 13.8 Å². The molecule has 0 unspecified atom stereocenters. The Morgan fingerprint density at radius 2 is 1.62 bits per heavy atom. The monoisotopic (exact) mass is 393 g/mol. The van der Waals surface area contributed by atoms with Gasteiger partial charge in [0, 0.05) is 23.5 Å². The number of carbonyl (C=O) groups is 1. The molecular formula is C23H23NO5. The van der Waals surface area contributed by atoms with Gasteiger partial charge in [-0.25, -0.2) is 0 Å². The second kappa shape index (κ2) is 7.83. The lowest BCUT2D eigenvalue weighted by molar-refractivity contribution is -0.509. The number of phenolic OH excluding ortho intramolecular Hbond substituents is 1. The minimum atomic E-state index is -1.08. The van der Waals surface area contributed by atoms with Crippen LogP contribution >= 0.6 is 0 Å². The highest BCUT2D eigenvalue weighted by atomic mass is 16.5. The summed E-state index contributed by atoms with van der Waals surface area (Å²) >= 11 is 0. The zero-order valence-electron chi connectivity index (χ0n) is 17.1. The summed E-state index contributed by atoms with van der Waals surface area (Å²) in [6, 6.07) is 9.97. The molecule has 6 nitrogen and oxygen atoms in total. The third-order valence-electron chi connectivity index (χ3n) is 4.99. The highest BCUT2D eigenvalue weighted by Crippen LogP contribution is 2.35. The third kappa shape index (κ3) is 3.74. The molecule has 0 spiro atoms. The number of aromatic hydroxyl groups is 1. The van der Waals surface area contributed by atoms with Crippen LogP contribution in [-0.2, 0) is 4.79 Å². The lowest BCUT2D eigenvalue weighted by atomic mass is 9.99.